The van der Waals surface area contributed by atoms with E-state index in [-0.39, 0.29) is 65.6 Å². The molecule has 0 spiro atoms. The summed E-state index contributed by atoms with van der Waals surface area (Å²) in [6, 6.07) is 0. The van der Waals surface area contributed by atoms with Crippen LogP contribution >= 0.6 is 0 Å². The lowest BCUT2D eigenvalue weighted by Gasteiger charge is -0.413. The van der Waals surface area contributed by atoms with E-state index in [9.17, 15) is 0 Å². The lowest BCUT2D eigenvalue weighted by Crippen LogP contribution is -0.382. The van der Waals surface area contributed by atoms with Gasteiger partial charge in [0, 0.05) is 1.43 Å². The van der Waals surface area contributed by atoms with Gasteiger partial charge in [0.2, 0.25) is 0 Å². The van der Waals surface area contributed by atoms with Gasteiger partial charge in [-0.05, 0) is 32.9 Å². The fourth-order valence-corrected chi connectivity index (χ4v) is 0. The van der Waals surface area contributed by atoms with E-state index in [2.05, 4.69) is 0 Å². The van der Waals surface area contributed by atoms with Crippen LogP contribution in [0.1, 0.15) is 16.3 Å². The molecular weight excluding hydrogens is 156 g/mol. The lowest BCUT2D eigenvalue weighted by molar-refractivity contribution is 0.823. The predicted octanol–water partition coefficient (Wildman–Crippen LogP) is -4.51. The molecule has 8 heavy (non-hydrogen) atoms. The van der Waals surface area contributed by atoms with Gasteiger partial charge in [-0.2, -0.15) is 0 Å². The van der Waals surface area contributed by atoms with E-state index < -0.39 is 0 Å². The molecule has 6 N–H and O–H groups in total. The Hall–Kier alpha value is 0.531. The zero-order valence-electron chi connectivity index (χ0n) is 4.50. The van der Waals surface area contributed by atoms with E-state index in [0.717, 1.165) is 0 Å². The van der Waals surface area contributed by atoms with Gasteiger partial charge in [-0.15, -0.1) is 0 Å². The van der Waals surface area contributed by atoms with Gasteiger partial charge in [-0.3, -0.25) is 0 Å². The minimum atomic E-state index is 0. The Morgan fingerprint density at radius 1 is 0.500 bits per heavy atom. The van der Waals surface area contributed by atoms with Gasteiger partial charge in [0.1, 0.15) is 0 Å². The van der Waals surface area contributed by atoms with Crippen molar-refractivity contribution in [3.63, 3.8) is 0 Å². The van der Waals surface area contributed by atoms with Crippen molar-refractivity contribution >= 4 is 32.9 Å². The van der Waals surface area contributed by atoms with E-state index in [1.807, 2.05) is 0 Å². The van der Waals surface area contributed by atoms with Crippen LogP contribution in [0.2, 0.25) is 0 Å². The maximum Gasteiger partial charge on any atom is 0 e. The predicted molar refractivity (Wildman–Crippen MR) is 56.2 cm³/mol. The van der Waals surface area contributed by atoms with Crippen molar-refractivity contribution < 1.29 is 17.9 Å². The number of hydrogen-bond acceptors (Lipinski definition) is 0. The van der Waals surface area contributed by atoms with Crippen molar-refractivity contribution in [3.05, 3.63) is 0 Å². The van der Waals surface area contributed by atoms with Gasteiger partial charge in [-0.1, -0.05) is 14.9 Å². The van der Waals surface area contributed by atoms with Gasteiger partial charge < -0.3 is 16.4 Å². The second-order valence-corrected chi connectivity index (χ2v) is 0. The minimum Gasteiger partial charge on any atom is -0.412 e. The second kappa shape index (κ2) is 1140. The topological polar surface area (TPSA) is 94.5 Å². The number of hydrogen-bond donors (Lipinski definition) is 0. The summed E-state index contributed by atoms with van der Waals surface area (Å²) in [7, 11) is 0. The molecule has 0 rings (SSSR count). The molecule has 0 aromatic heterocycles. The van der Waals surface area contributed by atoms with E-state index in [0.29, 0.717) is 0 Å². The monoisotopic (exact) mass is 181 g/mol. The second-order valence-electron chi connectivity index (χ2n) is 0. The zero-order valence-corrected chi connectivity index (χ0v) is 10.5. The van der Waals surface area contributed by atoms with Gasteiger partial charge >= 0.3 is 0 Å². The molecule has 0 aliphatic heterocycles. The fraction of sp³-hybridized carbons (Fsp3) is 1.00. The van der Waals surface area contributed by atoms with Crippen LogP contribution in [-0.2, 0) is 0 Å². The Morgan fingerprint density at radius 3 is 0.500 bits per heavy atom. The van der Waals surface area contributed by atoms with Gasteiger partial charge in [0.15, 0.2) is 0 Å². The SMILES string of the molecule is C.C.O.O.O.[HH].[SiH3].[SiH3].[SiH3]. The molecule has 3 nitrogen and oxygen atoms in total. The molecule has 3 radical (unpaired) electrons. The van der Waals surface area contributed by atoms with Crippen molar-refractivity contribution in [1.82, 2.24) is 0 Å². The summed E-state index contributed by atoms with van der Waals surface area (Å²) in [5.74, 6) is 0. The summed E-state index contributed by atoms with van der Waals surface area (Å²) < 4.78 is 0. The lowest BCUT2D eigenvalue weighted by atomic mass is 12.0. The van der Waals surface area contributed by atoms with Crippen molar-refractivity contribution in [2.45, 2.75) is 14.9 Å². The Labute approximate surface area is 66.4 Å². The first-order valence-electron chi connectivity index (χ1n) is 0. The van der Waals surface area contributed by atoms with E-state index in [4.69, 9.17) is 0 Å². The van der Waals surface area contributed by atoms with Crippen LogP contribution in [0.25, 0.3) is 0 Å². The van der Waals surface area contributed by atoms with Crippen LogP contribution in [0.15, 0.2) is 0 Å². The van der Waals surface area contributed by atoms with Crippen molar-refractivity contribution in [1.29, 1.82) is 0 Å². The molecule has 0 heterocycles. The van der Waals surface area contributed by atoms with E-state index in [1.165, 1.54) is 0 Å². The fourth-order valence-electron chi connectivity index (χ4n) is 0. The van der Waals surface area contributed by atoms with Crippen LogP contribution in [0, 0.1) is 0 Å². The molecule has 0 unspecified atom stereocenters. The highest BCUT2D eigenvalue weighted by Gasteiger charge is -0.0104. The largest absolute Gasteiger partial charge is 0.412 e. The first kappa shape index (κ1) is 1720. The van der Waals surface area contributed by atoms with Crippen LogP contribution < -0.4 is 0 Å². The molecule has 6 heteroatoms. The molecule has 0 bridgehead atoms. The zero-order chi connectivity index (χ0) is 0. The third kappa shape index (κ3) is 709. The molecule has 0 amide bonds. The summed E-state index contributed by atoms with van der Waals surface area (Å²) in [4.78, 5) is 0. The van der Waals surface area contributed by atoms with E-state index >= 15 is 0 Å². The molecule has 63 valence electrons. The first-order valence-corrected chi connectivity index (χ1v) is 0. The van der Waals surface area contributed by atoms with Crippen LogP contribution in [-0.4, -0.2) is 49.3 Å². The Morgan fingerprint density at radius 2 is 0.500 bits per heavy atom. The third-order valence-electron chi connectivity index (χ3n) is 0. The molecule has 0 aromatic rings. The van der Waals surface area contributed by atoms with Crippen molar-refractivity contribution in [2.75, 3.05) is 0 Å². The third-order valence-corrected chi connectivity index (χ3v) is 0. The van der Waals surface area contributed by atoms with Crippen molar-refractivity contribution in [2.24, 2.45) is 0 Å². The highest BCUT2D eigenvalue weighted by molar-refractivity contribution is 5.76. The summed E-state index contributed by atoms with van der Waals surface area (Å²) in [6.45, 7) is 0. The highest BCUT2D eigenvalue weighted by Crippen LogP contribution is 0.145. The average molecular weight is 181 g/mol. The quantitative estimate of drug-likeness (QED) is 0.337. The Balaban J connectivity index is 0. The maximum atomic E-state index is 0. The normalized spacial score (nSPS) is 0. The van der Waals surface area contributed by atoms with Crippen LogP contribution in [0.4, 0.5) is 0 Å². The summed E-state index contributed by atoms with van der Waals surface area (Å²) >= 11 is 0. The molecular formula is C2H25O3Si3. The summed E-state index contributed by atoms with van der Waals surface area (Å²) in [6.07, 6.45) is 0. The van der Waals surface area contributed by atoms with Crippen LogP contribution in [0.3, 0.4) is 0 Å². The molecule has 0 fully saturated rings. The molecule has 0 saturated heterocycles. The van der Waals surface area contributed by atoms with Gasteiger partial charge in [0.25, 0.3) is 0 Å². The van der Waals surface area contributed by atoms with Crippen molar-refractivity contribution in [3.8, 4) is 0 Å². The minimum absolute atomic E-state index is 0. The number of rotatable bonds is 0. The summed E-state index contributed by atoms with van der Waals surface area (Å²) in [5, 5.41) is 0. The maximum absolute atomic E-state index is 0. The van der Waals surface area contributed by atoms with E-state index in [1.54, 1.807) is 0 Å². The Bertz CT molecular complexity index is 17.0. The molecule has 0 aromatic carbocycles. The smallest absolute Gasteiger partial charge is 0 e. The first-order chi connectivity index (χ1) is 0. The van der Waals surface area contributed by atoms with Gasteiger partial charge in [0.05, 0.1) is 0 Å². The molecule has 0 aliphatic rings. The molecule has 0 saturated carbocycles. The molecule has 0 atom stereocenters. The standard InChI is InChI=1S/2CH4.3H2O.3H3Si.H2/h2*1H4;3*1H2;3*1H3;1H. The molecule has 0 aliphatic carbocycles. The van der Waals surface area contributed by atoms with Crippen LogP contribution in [0.5, 0.6) is 0 Å². The highest BCUT2D eigenvalue weighted by atomic mass is 28.1. The Kier molecular flexibility index (Phi) is 245000. The van der Waals surface area contributed by atoms with Gasteiger partial charge in [-0.25, -0.2) is 0 Å². The summed E-state index contributed by atoms with van der Waals surface area (Å²) in [5.41, 5.74) is 0. The average Bonchev–Trinajstić information content (AvgIpc) is 0.